The summed E-state index contributed by atoms with van der Waals surface area (Å²) in [5.74, 6) is -0.398. The maximum atomic E-state index is 12.3. The molecule has 1 heterocycles. The third kappa shape index (κ3) is 3.21. The van der Waals surface area contributed by atoms with Crippen LogP contribution in [0.1, 0.15) is 25.5 Å². The smallest absolute Gasteiger partial charge is 0.337 e. The molecule has 0 saturated carbocycles. The van der Waals surface area contributed by atoms with Gasteiger partial charge >= 0.3 is 5.97 Å². The molecular formula is C15H16Cl2N2O2S. The molecule has 2 N–H and O–H groups in total. The fourth-order valence-corrected chi connectivity index (χ4v) is 3.22. The molecule has 0 aliphatic carbocycles. The third-order valence-electron chi connectivity index (χ3n) is 3.37. The molecule has 0 saturated heterocycles. The van der Waals surface area contributed by atoms with E-state index in [1.165, 1.54) is 7.11 Å². The molecule has 1 atom stereocenters. The van der Waals surface area contributed by atoms with Crippen molar-refractivity contribution < 1.29 is 9.53 Å². The van der Waals surface area contributed by atoms with Crippen LogP contribution in [0.15, 0.2) is 29.5 Å². The van der Waals surface area contributed by atoms with Gasteiger partial charge in [-0.05, 0) is 30.3 Å². The highest BCUT2D eigenvalue weighted by Gasteiger charge is 2.35. The molecule has 0 fully saturated rings. The number of ether oxygens (including phenoxy) is 1. The number of rotatable bonds is 3. The Hall–Kier alpha value is -1.30. The van der Waals surface area contributed by atoms with Crippen molar-refractivity contribution in [1.82, 2.24) is 10.6 Å². The molecule has 7 heteroatoms. The highest BCUT2D eigenvalue weighted by Crippen LogP contribution is 2.37. The summed E-state index contributed by atoms with van der Waals surface area (Å²) in [7, 11) is 1.34. The van der Waals surface area contributed by atoms with E-state index in [4.69, 9.17) is 40.2 Å². The zero-order valence-corrected chi connectivity index (χ0v) is 14.7. The number of esters is 1. The molecule has 1 aromatic rings. The minimum atomic E-state index is -0.556. The normalized spacial score (nSPS) is 18.1. The van der Waals surface area contributed by atoms with Crippen molar-refractivity contribution in [3.05, 3.63) is 45.1 Å². The number of hydrogen-bond acceptors (Lipinski definition) is 3. The second kappa shape index (κ2) is 6.86. The second-order valence-electron chi connectivity index (χ2n) is 5.14. The van der Waals surface area contributed by atoms with E-state index < -0.39 is 12.0 Å². The number of hydrogen-bond donors (Lipinski definition) is 2. The zero-order valence-electron chi connectivity index (χ0n) is 12.4. The van der Waals surface area contributed by atoms with E-state index >= 15 is 0 Å². The molecule has 0 amide bonds. The second-order valence-corrected chi connectivity index (χ2v) is 6.36. The Kier molecular flexibility index (Phi) is 5.32. The highest BCUT2D eigenvalue weighted by atomic mass is 35.5. The SMILES string of the molecule is COC(=O)C1=C(C(C)C)NC(=S)N[C@H]1c1c(Cl)cccc1Cl. The van der Waals surface area contributed by atoms with Crippen molar-refractivity contribution in [2.24, 2.45) is 5.92 Å². The standard InChI is InChI=1S/C15H16Cl2N2O2S/c1-7(2)12-11(14(20)21-3)13(19-15(22)18-12)10-8(16)5-4-6-9(10)17/h4-7,13H,1-3H3,(H2,18,19,22)/t13-/m0/s1. The summed E-state index contributed by atoms with van der Waals surface area (Å²) in [6, 6.07) is 4.64. The molecule has 0 aromatic heterocycles. The average Bonchev–Trinajstić information content (AvgIpc) is 2.45. The maximum absolute atomic E-state index is 12.3. The summed E-state index contributed by atoms with van der Waals surface area (Å²) in [5.41, 5.74) is 1.74. The van der Waals surface area contributed by atoms with Crippen molar-refractivity contribution in [1.29, 1.82) is 0 Å². The van der Waals surface area contributed by atoms with E-state index in [9.17, 15) is 4.79 Å². The fraction of sp³-hybridized carbons (Fsp3) is 0.333. The number of carbonyl (C=O) groups is 1. The lowest BCUT2D eigenvalue weighted by atomic mass is 9.91. The fourth-order valence-electron chi connectivity index (χ4n) is 2.38. The van der Waals surface area contributed by atoms with Crippen LogP contribution < -0.4 is 10.6 Å². The van der Waals surface area contributed by atoms with Crippen LogP contribution in [0.25, 0.3) is 0 Å². The van der Waals surface area contributed by atoms with Crippen molar-refractivity contribution in [3.63, 3.8) is 0 Å². The average molecular weight is 359 g/mol. The van der Waals surface area contributed by atoms with Crippen LogP contribution in [0, 0.1) is 5.92 Å². The lowest BCUT2D eigenvalue weighted by Crippen LogP contribution is -2.47. The topological polar surface area (TPSA) is 50.4 Å². The van der Waals surface area contributed by atoms with Crippen LogP contribution >= 0.6 is 35.4 Å². The Morgan fingerprint density at radius 3 is 2.41 bits per heavy atom. The Balaban J connectivity index is 2.68. The quantitative estimate of drug-likeness (QED) is 0.638. The van der Waals surface area contributed by atoms with Gasteiger partial charge in [0.25, 0.3) is 0 Å². The first-order valence-electron chi connectivity index (χ1n) is 6.70. The van der Waals surface area contributed by atoms with Gasteiger partial charge < -0.3 is 15.4 Å². The van der Waals surface area contributed by atoms with E-state index in [1.807, 2.05) is 13.8 Å². The summed E-state index contributed by atoms with van der Waals surface area (Å²) in [5, 5.41) is 7.42. The third-order valence-corrected chi connectivity index (χ3v) is 4.25. The van der Waals surface area contributed by atoms with Gasteiger partial charge in [-0.3, -0.25) is 0 Å². The molecule has 0 bridgehead atoms. The molecule has 118 valence electrons. The Bertz CT molecular complexity index is 639. The number of nitrogens with one attached hydrogen (secondary N) is 2. The summed E-state index contributed by atoms with van der Waals surface area (Å²) in [6.07, 6.45) is 0. The van der Waals surface area contributed by atoms with Crippen LogP contribution in [-0.4, -0.2) is 18.2 Å². The first-order valence-corrected chi connectivity index (χ1v) is 7.87. The minimum absolute atomic E-state index is 0.0536. The maximum Gasteiger partial charge on any atom is 0.337 e. The largest absolute Gasteiger partial charge is 0.466 e. The first kappa shape index (κ1) is 17.1. The van der Waals surface area contributed by atoms with Gasteiger partial charge in [0.2, 0.25) is 0 Å². The monoisotopic (exact) mass is 358 g/mol. The van der Waals surface area contributed by atoms with Crippen LogP contribution in [0.3, 0.4) is 0 Å². The minimum Gasteiger partial charge on any atom is -0.466 e. The number of allylic oxidation sites excluding steroid dienone is 1. The molecule has 0 radical (unpaired) electrons. The summed E-state index contributed by atoms with van der Waals surface area (Å²) in [4.78, 5) is 12.3. The summed E-state index contributed by atoms with van der Waals surface area (Å²) < 4.78 is 4.93. The van der Waals surface area contributed by atoms with Gasteiger partial charge in [-0.25, -0.2) is 4.79 Å². The highest BCUT2D eigenvalue weighted by molar-refractivity contribution is 7.80. The Morgan fingerprint density at radius 2 is 1.91 bits per heavy atom. The van der Waals surface area contributed by atoms with Crippen molar-refractivity contribution >= 4 is 46.5 Å². The van der Waals surface area contributed by atoms with E-state index in [0.29, 0.717) is 32.0 Å². The van der Waals surface area contributed by atoms with Crippen LogP contribution in [0.2, 0.25) is 10.0 Å². The van der Waals surface area contributed by atoms with Gasteiger partial charge in [-0.2, -0.15) is 0 Å². The molecule has 1 aromatic carbocycles. The number of halogens is 2. The molecule has 22 heavy (non-hydrogen) atoms. The summed E-state index contributed by atoms with van der Waals surface area (Å²) in [6.45, 7) is 3.93. The van der Waals surface area contributed by atoms with Gasteiger partial charge in [0.15, 0.2) is 5.11 Å². The number of thiocarbonyl (C=S) groups is 1. The van der Waals surface area contributed by atoms with Crippen LogP contribution in [-0.2, 0) is 9.53 Å². The molecule has 0 spiro atoms. The number of benzene rings is 1. The predicted octanol–water partition coefficient (Wildman–Crippen LogP) is 3.60. The van der Waals surface area contributed by atoms with Gasteiger partial charge in [0.1, 0.15) is 0 Å². The van der Waals surface area contributed by atoms with Crippen molar-refractivity contribution in [2.75, 3.05) is 7.11 Å². The van der Waals surface area contributed by atoms with Crippen molar-refractivity contribution in [3.8, 4) is 0 Å². The molecule has 1 aliphatic rings. The Morgan fingerprint density at radius 1 is 1.32 bits per heavy atom. The lowest BCUT2D eigenvalue weighted by Gasteiger charge is -2.33. The van der Waals surface area contributed by atoms with Gasteiger partial charge in [0.05, 0.1) is 18.7 Å². The number of carbonyl (C=O) groups excluding carboxylic acids is 1. The molecule has 2 rings (SSSR count). The van der Waals surface area contributed by atoms with Crippen LogP contribution in [0.5, 0.6) is 0 Å². The lowest BCUT2D eigenvalue weighted by molar-refractivity contribution is -0.136. The van der Waals surface area contributed by atoms with Crippen molar-refractivity contribution in [2.45, 2.75) is 19.9 Å². The molecular weight excluding hydrogens is 343 g/mol. The van der Waals surface area contributed by atoms with E-state index in [0.717, 1.165) is 0 Å². The van der Waals surface area contributed by atoms with Gasteiger partial charge in [-0.1, -0.05) is 43.1 Å². The zero-order chi connectivity index (χ0) is 16.4. The van der Waals surface area contributed by atoms with E-state index in [2.05, 4.69) is 10.6 Å². The summed E-state index contributed by atoms with van der Waals surface area (Å²) >= 11 is 17.8. The number of methoxy groups -OCH3 is 1. The predicted molar refractivity (Wildman–Crippen MR) is 92.0 cm³/mol. The van der Waals surface area contributed by atoms with E-state index in [-0.39, 0.29) is 5.92 Å². The first-order chi connectivity index (χ1) is 10.4. The Labute approximate surface area is 144 Å². The molecule has 1 aliphatic heterocycles. The van der Waals surface area contributed by atoms with Gasteiger partial charge in [0, 0.05) is 21.3 Å². The van der Waals surface area contributed by atoms with Crippen LogP contribution in [0.4, 0.5) is 0 Å². The van der Waals surface area contributed by atoms with Gasteiger partial charge in [-0.15, -0.1) is 0 Å². The van der Waals surface area contributed by atoms with E-state index in [1.54, 1.807) is 18.2 Å². The molecule has 4 nitrogen and oxygen atoms in total. The molecule has 0 unspecified atom stereocenters.